The third-order valence-electron chi connectivity index (χ3n) is 4.77. The molecule has 0 unspecified atom stereocenters. The molecular formula is C22H29N5O2. The number of amides is 1. The highest BCUT2D eigenvalue weighted by Gasteiger charge is 2.23. The van der Waals surface area contributed by atoms with Crippen LogP contribution in [0.4, 0.5) is 0 Å². The second kappa shape index (κ2) is 9.62. The van der Waals surface area contributed by atoms with Crippen molar-refractivity contribution in [2.45, 2.75) is 32.5 Å². The molecule has 0 radical (unpaired) electrons. The molecule has 3 heterocycles. The Hall–Kier alpha value is -2.77. The Balaban J connectivity index is 1.53. The molecule has 0 aromatic carbocycles. The van der Waals surface area contributed by atoms with Gasteiger partial charge in [-0.2, -0.15) is 5.10 Å². The third-order valence-corrected chi connectivity index (χ3v) is 4.77. The minimum Gasteiger partial charge on any atom is -0.373 e. The summed E-state index contributed by atoms with van der Waals surface area (Å²) < 4.78 is 7.47. The first-order valence-electron chi connectivity index (χ1n) is 9.87. The largest absolute Gasteiger partial charge is 0.373 e. The van der Waals surface area contributed by atoms with E-state index < -0.39 is 0 Å². The number of morpholine rings is 1. The molecule has 1 amide bonds. The molecule has 29 heavy (non-hydrogen) atoms. The van der Waals surface area contributed by atoms with Crippen LogP contribution in [-0.4, -0.2) is 58.6 Å². The number of rotatable bonds is 6. The normalized spacial score (nSPS) is 24.4. The van der Waals surface area contributed by atoms with Gasteiger partial charge >= 0.3 is 0 Å². The standard InChI is InChI=1S/C22H29N5O2/c1-5-19(20-11-24-26(4)14-20)8-6-18-7-9-21(23-10-18)25-22(28)15-27-12-16(2)29-17(3)13-27/h5-6,8-11,14,16-17H,1,7,12-13,15H2,2-4H3,(H,25,28)/b18-6+,19-8+/t16-,17+. The molecule has 1 aromatic rings. The Bertz CT molecular complexity index is 868. The molecule has 1 N–H and O–H groups in total. The zero-order valence-corrected chi connectivity index (χ0v) is 17.3. The summed E-state index contributed by atoms with van der Waals surface area (Å²) in [5.74, 6) is 0.550. The van der Waals surface area contributed by atoms with Gasteiger partial charge in [0.2, 0.25) is 5.91 Å². The molecule has 3 rings (SSSR count). The SMILES string of the molecule is C=C/C(=C\C=C1\C=NC(NC(=O)CN2C[C@@H](C)O[C@@H](C)C2)=CC1)c1cnn(C)c1. The summed E-state index contributed by atoms with van der Waals surface area (Å²) in [5.41, 5.74) is 3.07. The maximum Gasteiger partial charge on any atom is 0.239 e. The number of hydrogen-bond acceptors (Lipinski definition) is 5. The highest BCUT2D eigenvalue weighted by Crippen LogP contribution is 2.17. The van der Waals surface area contributed by atoms with Gasteiger partial charge in [0, 0.05) is 38.1 Å². The molecule has 1 saturated heterocycles. The first-order valence-corrected chi connectivity index (χ1v) is 9.87. The predicted molar refractivity (Wildman–Crippen MR) is 115 cm³/mol. The summed E-state index contributed by atoms with van der Waals surface area (Å²) in [4.78, 5) is 18.8. The fraction of sp³-hybridized carbons (Fsp3) is 0.409. The molecule has 1 aromatic heterocycles. The van der Waals surface area contributed by atoms with Crippen molar-refractivity contribution >= 4 is 17.7 Å². The van der Waals surface area contributed by atoms with Crippen molar-refractivity contribution in [2.24, 2.45) is 12.0 Å². The summed E-state index contributed by atoms with van der Waals surface area (Å²) in [6.45, 7) is 9.82. The number of aliphatic imine (C=N–C) groups is 1. The topological polar surface area (TPSA) is 71.8 Å². The molecule has 0 saturated carbocycles. The van der Waals surface area contributed by atoms with Gasteiger partial charge in [-0.3, -0.25) is 14.4 Å². The fourth-order valence-electron chi connectivity index (χ4n) is 3.51. The van der Waals surface area contributed by atoms with E-state index in [1.54, 1.807) is 10.9 Å². The number of aryl methyl sites for hydroxylation is 1. The first-order chi connectivity index (χ1) is 13.9. The van der Waals surface area contributed by atoms with E-state index in [1.807, 2.05) is 57.6 Å². The minimum absolute atomic E-state index is 0.0486. The Morgan fingerprint density at radius 2 is 2.14 bits per heavy atom. The second-order valence-electron chi connectivity index (χ2n) is 7.52. The lowest BCUT2D eigenvalue weighted by Crippen LogP contribution is -2.48. The zero-order valence-electron chi connectivity index (χ0n) is 17.3. The monoisotopic (exact) mass is 395 g/mol. The van der Waals surface area contributed by atoms with E-state index >= 15 is 0 Å². The number of hydrogen-bond donors (Lipinski definition) is 1. The van der Waals surface area contributed by atoms with Crippen molar-refractivity contribution < 1.29 is 9.53 Å². The number of nitrogens with zero attached hydrogens (tertiary/aromatic N) is 4. The van der Waals surface area contributed by atoms with Crippen molar-refractivity contribution in [1.82, 2.24) is 20.0 Å². The Morgan fingerprint density at radius 3 is 2.72 bits per heavy atom. The van der Waals surface area contributed by atoms with Crippen LogP contribution in [0.1, 0.15) is 25.8 Å². The summed E-state index contributed by atoms with van der Waals surface area (Å²) in [5, 5.41) is 7.08. The lowest BCUT2D eigenvalue weighted by Gasteiger charge is -2.34. The average Bonchev–Trinajstić information content (AvgIpc) is 3.09. The van der Waals surface area contributed by atoms with E-state index in [4.69, 9.17) is 4.74 Å². The first kappa shape index (κ1) is 21.0. The highest BCUT2D eigenvalue weighted by molar-refractivity contribution is 5.85. The summed E-state index contributed by atoms with van der Waals surface area (Å²) in [6, 6.07) is 0. The zero-order chi connectivity index (χ0) is 20.8. The second-order valence-corrected chi connectivity index (χ2v) is 7.52. The van der Waals surface area contributed by atoms with Crippen LogP contribution in [0, 0.1) is 0 Å². The van der Waals surface area contributed by atoms with Crippen molar-refractivity contribution in [2.75, 3.05) is 19.6 Å². The Morgan fingerprint density at radius 1 is 1.38 bits per heavy atom. The fourth-order valence-corrected chi connectivity index (χ4v) is 3.51. The number of allylic oxidation sites excluding steroid dienone is 6. The van der Waals surface area contributed by atoms with Gasteiger partial charge in [-0.1, -0.05) is 24.8 Å². The average molecular weight is 396 g/mol. The molecule has 1 fully saturated rings. The van der Waals surface area contributed by atoms with E-state index in [0.29, 0.717) is 18.8 Å². The van der Waals surface area contributed by atoms with Crippen LogP contribution in [0.2, 0.25) is 0 Å². The Labute approximate surface area is 172 Å². The van der Waals surface area contributed by atoms with E-state index in [2.05, 4.69) is 26.9 Å². The van der Waals surface area contributed by atoms with Gasteiger partial charge in [0.25, 0.3) is 0 Å². The minimum atomic E-state index is -0.0486. The van der Waals surface area contributed by atoms with Crippen LogP contribution in [0.25, 0.3) is 5.57 Å². The van der Waals surface area contributed by atoms with Gasteiger partial charge < -0.3 is 10.1 Å². The van der Waals surface area contributed by atoms with Crippen LogP contribution in [0.5, 0.6) is 0 Å². The van der Waals surface area contributed by atoms with E-state index in [0.717, 1.165) is 29.8 Å². The lowest BCUT2D eigenvalue weighted by atomic mass is 10.1. The number of nitrogens with one attached hydrogen (secondary N) is 1. The summed E-state index contributed by atoms with van der Waals surface area (Å²) >= 11 is 0. The van der Waals surface area contributed by atoms with Crippen LogP contribution in [-0.2, 0) is 16.6 Å². The molecular weight excluding hydrogens is 366 g/mol. The molecule has 0 bridgehead atoms. The summed E-state index contributed by atoms with van der Waals surface area (Å²) in [7, 11) is 1.89. The Kier molecular flexibility index (Phi) is 6.95. The van der Waals surface area contributed by atoms with Crippen LogP contribution >= 0.6 is 0 Å². The maximum atomic E-state index is 12.3. The number of carbonyl (C=O) groups excluding carboxylic acids is 1. The van der Waals surface area contributed by atoms with Crippen molar-refractivity contribution in [3.8, 4) is 0 Å². The number of ether oxygens (including phenoxy) is 1. The van der Waals surface area contributed by atoms with Gasteiger partial charge in [-0.25, -0.2) is 4.99 Å². The summed E-state index contributed by atoms with van der Waals surface area (Å²) in [6.07, 6.45) is 14.3. The van der Waals surface area contributed by atoms with Gasteiger partial charge in [0.1, 0.15) is 5.82 Å². The predicted octanol–water partition coefficient (Wildman–Crippen LogP) is 2.46. The number of carbonyl (C=O) groups is 1. The molecule has 154 valence electrons. The molecule has 2 aliphatic heterocycles. The molecule has 2 atom stereocenters. The van der Waals surface area contributed by atoms with Crippen LogP contribution in [0.15, 0.2) is 59.7 Å². The highest BCUT2D eigenvalue weighted by atomic mass is 16.5. The van der Waals surface area contributed by atoms with E-state index in [-0.39, 0.29) is 18.1 Å². The maximum absolute atomic E-state index is 12.3. The molecule has 7 nitrogen and oxygen atoms in total. The molecule has 0 spiro atoms. The van der Waals surface area contributed by atoms with Crippen molar-refractivity contribution in [1.29, 1.82) is 0 Å². The van der Waals surface area contributed by atoms with Gasteiger partial charge in [0.15, 0.2) is 0 Å². The van der Waals surface area contributed by atoms with Gasteiger partial charge in [0.05, 0.1) is 24.9 Å². The lowest BCUT2D eigenvalue weighted by molar-refractivity contribution is -0.125. The van der Waals surface area contributed by atoms with Crippen molar-refractivity contribution in [3.63, 3.8) is 0 Å². The smallest absolute Gasteiger partial charge is 0.239 e. The van der Waals surface area contributed by atoms with Gasteiger partial charge in [-0.15, -0.1) is 0 Å². The van der Waals surface area contributed by atoms with Crippen molar-refractivity contribution in [3.05, 3.63) is 60.2 Å². The molecule has 2 aliphatic rings. The quantitative estimate of drug-likeness (QED) is 0.751. The van der Waals surface area contributed by atoms with E-state index in [9.17, 15) is 4.79 Å². The van der Waals surface area contributed by atoms with Gasteiger partial charge in [-0.05, 0) is 37.5 Å². The van der Waals surface area contributed by atoms with Crippen LogP contribution < -0.4 is 5.32 Å². The molecule has 0 aliphatic carbocycles. The molecule has 7 heteroatoms. The van der Waals surface area contributed by atoms with Crippen LogP contribution in [0.3, 0.4) is 0 Å². The number of aromatic nitrogens is 2. The third kappa shape index (κ3) is 6.10. The van der Waals surface area contributed by atoms with E-state index in [1.165, 1.54) is 0 Å².